The summed E-state index contributed by atoms with van der Waals surface area (Å²) >= 11 is 0. The summed E-state index contributed by atoms with van der Waals surface area (Å²) in [6.07, 6.45) is 8.57. The number of nitrogens with zero attached hydrogens (tertiary/aromatic N) is 2. The second kappa shape index (κ2) is 8.08. The Hall–Kier alpha value is -2.83. The smallest absolute Gasteiger partial charge is 0.246 e. The zero-order valence-corrected chi connectivity index (χ0v) is 21.7. The van der Waals surface area contributed by atoms with Crippen LogP contribution in [0.3, 0.4) is 0 Å². The number of phenolic OH excluding ortho intramolecular Hbond substituents is 1. The summed E-state index contributed by atoms with van der Waals surface area (Å²) < 4.78 is 6.62. The van der Waals surface area contributed by atoms with Crippen LogP contribution in [0.5, 0.6) is 11.5 Å². The van der Waals surface area contributed by atoms with Gasteiger partial charge >= 0.3 is 0 Å². The summed E-state index contributed by atoms with van der Waals surface area (Å²) in [5, 5.41) is 23.4. The second-order valence-corrected chi connectivity index (χ2v) is 12.0. The molecule has 1 spiro atoms. The molecule has 0 radical (unpaired) electrons. The number of rotatable bonds is 5. The maximum absolute atomic E-state index is 13.4. The molecule has 2 bridgehead atoms. The van der Waals surface area contributed by atoms with Crippen molar-refractivity contribution in [2.24, 2.45) is 5.92 Å². The van der Waals surface area contributed by atoms with Crippen molar-refractivity contribution in [3.05, 3.63) is 64.7 Å². The van der Waals surface area contributed by atoms with Crippen LogP contribution in [-0.4, -0.2) is 69.8 Å². The van der Waals surface area contributed by atoms with Crippen molar-refractivity contribution >= 4 is 12.0 Å². The first kappa shape index (κ1) is 23.3. The SMILES string of the molecule is Cc1ccccc1/C=C/C(=O)N(C)C1CC[C@@]2(O)[C@H]3Cc4ccc(O)c5c4[C@@]2(CCN3CC2CC2)C1O5. The van der Waals surface area contributed by atoms with Crippen molar-refractivity contribution in [2.75, 3.05) is 20.1 Å². The quantitative estimate of drug-likeness (QED) is 0.611. The molecule has 2 heterocycles. The van der Waals surface area contributed by atoms with E-state index >= 15 is 0 Å². The molecule has 1 saturated heterocycles. The topological polar surface area (TPSA) is 73.2 Å². The predicted molar refractivity (Wildman–Crippen MR) is 142 cm³/mol. The van der Waals surface area contributed by atoms with Crippen molar-refractivity contribution in [1.29, 1.82) is 0 Å². The Balaban J connectivity index is 1.25. The van der Waals surface area contributed by atoms with Crippen molar-refractivity contribution in [2.45, 2.75) is 74.7 Å². The Kier molecular flexibility index (Phi) is 5.09. The minimum atomic E-state index is -0.936. The van der Waals surface area contributed by atoms with Crippen LogP contribution in [0.15, 0.2) is 42.5 Å². The van der Waals surface area contributed by atoms with Crippen LogP contribution in [0, 0.1) is 12.8 Å². The number of phenols is 1. The number of hydrogen-bond acceptors (Lipinski definition) is 5. The molecular formula is C31H36N2O4. The first-order valence-corrected chi connectivity index (χ1v) is 13.8. The van der Waals surface area contributed by atoms with Gasteiger partial charge in [0, 0.05) is 31.3 Å². The van der Waals surface area contributed by atoms with Gasteiger partial charge in [0.05, 0.1) is 17.1 Å². The molecule has 2 saturated carbocycles. The Bertz CT molecular complexity index is 1300. The molecule has 7 rings (SSSR count). The molecule has 194 valence electrons. The first-order chi connectivity index (χ1) is 17.8. The molecule has 2 aliphatic heterocycles. The van der Waals surface area contributed by atoms with Gasteiger partial charge in [-0.2, -0.15) is 0 Å². The number of aryl methyl sites for hydroxylation is 1. The molecule has 2 unspecified atom stereocenters. The lowest BCUT2D eigenvalue weighted by Gasteiger charge is -2.64. The van der Waals surface area contributed by atoms with Crippen LogP contribution < -0.4 is 4.74 Å². The number of benzene rings is 2. The number of piperidine rings is 1. The number of ether oxygens (including phenoxy) is 1. The van der Waals surface area contributed by atoms with Crippen molar-refractivity contribution < 1.29 is 19.7 Å². The van der Waals surface area contributed by atoms with E-state index in [1.807, 2.05) is 50.4 Å². The summed E-state index contributed by atoms with van der Waals surface area (Å²) in [7, 11) is 1.85. The van der Waals surface area contributed by atoms with Crippen LogP contribution in [0.1, 0.15) is 54.4 Å². The highest BCUT2D eigenvalue weighted by atomic mass is 16.5. The van der Waals surface area contributed by atoms with Crippen LogP contribution in [0.4, 0.5) is 0 Å². The van der Waals surface area contributed by atoms with Crippen LogP contribution in [0.2, 0.25) is 0 Å². The minimum absolute atomic E-state index is 0.0406. The fraction of sp³-hybridized carbons (Fsp3) is 0.516. The molecular weight excluding hydrogens is 464 g/mol. The standard InChI is InChI=1S/C31H36N2O4/c1-19-5-3-4-6-21(19)10-12-26(35)32(2)23-13-14-31(36)25-17-22-9-11-24(34)28-27(22)30(31,29(23)37-28)15-16-33(25)18-20-7-8-20/h3-6,9-12,20,23,25,29,34,36H,7-8,13-18H2,1-2H3/b12-10+/t23?,25-,29?,30+,31-/m1/s1. The average molecular weight is 501 g/mol. The second-order valence-electron chi connectivity index (χ2n) is 12.0. The van der Waals surface area contributed by atoms with Gasteiger partial charge < -0.3 is 19.8 Å². The normalized spacial score (nSPS) is 33.8. The summed E-state index contributed by atoms with van der Waals surface area (Å²) in [6.45, 7) is 4.01. The molecule has 6 nitrogen and oxygen atoms in total. The van der Waals surface area contributed by atoms with Gasteiger partial charge in [0.2, 0.25) is 5.91 Å². The largest absolute Gasteiger partial charge is 0.504 e. The summed E-state index contributed by atoms with van der Waals surface area (Å²) in [4.78, 5) is 17.8. The minimum Gasteiger partial charge on any atom is -0.504 e. The third-order valence-corrected chi connectivity index (χ3v) is 10.2. The zero-order valence-electron chi connectivity index (χ0n) is 21.7. The third kappa shape index (κ3) is 3.21. The van der Waals surface area contributed by atoms with Gasteiger partial charge in [-0.15, -0.1) is 0 Å². The number of carbonyl (C=O) groups is 1. The number of amides is 1. The maximum Gasteiger partial charge on any atom is 0.246 e. The number of likely N-dealkylation sites (N-methyl/N-ethyl adjacent to an activating group) is 1. The van der Waals surface area contributed by atoms with Crippen LogP contribution in [-0.2, 0) is 16.6 Å². The molecule has 37 heavy (non-hydrogen) atoms. The van der Waals surface area contributed by atoms with Gasteiger partial charge in [0.1, 0.15) is 6.10 Å². The molecule has 0 aromatic heterocycles. The van der Waals surface area contributed by atoms with E-state index in [0.29, 0.717) is 18.6 Å². The number of hydrogen-bond donors (Lipinski definition) is 2. The zero-order chi connectivity index (χ0) is 25.5. The van der Waals surface area contributed by atoms with Crippen molar-refractivity contribution in [1.82, 2.24) is 9.80 Å². The lowest BCUT2D eigenvalue weighted by atomic mass is 9.48. The van der Waals surface area contributed by atoms with E-state index in [9.17, 15) is 15.0 Å². The molecule has 6 heteroatoms. The van der Waals surface area contributed by atoms with E-state index in [-0.39, 0.29) is 29.8 Å². The fourth-order valence-electron chi connectivity index (χ4n) is 8.07. The Morgan fingerprint density at radius 3 is 2.78 bits per heavy atom. The molecule has 1 amide bonds. The van der Waals surface area contributed by atoms with E-state index in [2.05, 4.69) is 4.90 Å². The molecule has 2 aromatic carbocycles. The number of carbonyl (C=O) groups excluding carboxylic acids is 1. The highest BCUT2D eigenvalue weighted by Crippen LogP contribution is 2.66. The molecule has 3 fully saturated rings. The fourth-order valence-corrected chi connectivity index (χ4v) is 8.07. The average Bonchev–Trinajstić information content (AvgIpc) is 3.63. The Morgan fingerprint density at radius 1 is 1.19 bits per heavy atom. The van der Waals surface area contributed by atoms with E-state index in [0.717, 1.165) is 48.5 Å². The van der Waals surface area contributed by atoms with Gasteiger partial charge in [-0.05, 0) is 86.7 Å². The lowest BCUT2D eigenvalue weighted by Crippen LogP contribution is -2.78. The molecule has 2 aromatic rings. The first-order valence-electron chi connectivity index (χ1n) is 13.8. The monoisotopic (exact) mass is 500 g/mol. The van der Waals surface area contributed by atoms with E-state index in [1.54, 1.807) is 17.0 Å². The Labute approximate surface area is 218 Å². The van der Waals surface area contributed by atoms with Crippen LogP contribution >= 0.6 is 0 Å². The van der Waals surface area contributed by atoms with Gasteiger partial charge in [-0.1, -0.05) is 30.3 Å². The van der Waals surface area contributed by atoms with Crippen LogP contribution in [0.25, 0.3) is 6.08 Å². The number of likely N-dealkylation sites (tertiary alicyclic amines) is 1. The number of aliphatic hydroxyl groups is 1. The summed E-state index contributed by atoms with van der Waals surface area (Å²) in [5.41, 5.74) is 2.78. The highest BCUT2D eigenvalue weighted by Gasteiger charge is 2.73. The molecule has 5 aliphatic rings. The summed E-state index contributed by atoms with van der Waals surface area (Å²) in [6, 6.07) is 11.6. The van der Waals surface area contributed by atoms with E-state index < -0.39 is 11.0 Å². The highest BCUT2D eigenvalue weighted by molar-refractivity contribution is 5.92. The summed E-state index contributed by atoms with van der Waals surface area (Å²) in [5.74, 6) is 1.34. The number of aromatic hydroxyl groups is 1. The molecule has 3 aliphatic carbocycles. The molecule has 5 atom stereocenters. The van der Waals surface area contributed by atoms with Crippen molar-refractivity contribution in [3.63, 3.8) is 0 Å². The third-order valence-electron chi connectivity index (χ3n) is 10.2. The van der Waals surface area contributed by atoms with Gasteiger partial charge in [0.25, 0.3) is 0 Å². The Morgan fingerprint density at radius 2 is 2.00 bits per heavy atom. The van der Waals surface area contributed by atoms with Gasteiger partial charge in [0.15, 0.2) is 11.5 Å². The van der Waals surface area contributed by atoms with E-state index in [4.69, 9.17) is 4.74 Å². The van der Waals surface area contributed by atoms with E-state index in [1.165, 1.54) is 18.4 Å². The predicted octanol–water partition coefficient (Wildman–Crippen LogP) is 3.81. The maximum atomic E-state index is 13.4. The van der Waals surface area contributed by atoms with Gasteiger partial charge in [-0.3, -0.25) is 9.69 Å². The van der Waals surface area contributed by atoms with Gasteiger partial charge in [-0.25, -0.2) is 0 Å². The lowest BCUT2D eigenvalue weighted by molar-refractivity contribution is -0.200. The molecule has 2 N–H and O–H groups in total. The van der Waals surface area contributed by atoms with Crippen molar-refractivity contribution in [3.8, 4) is 11.5 Å².